The van der Waals surface area contributed by atoms with Gasteiger partial charge in [-0.1, -0.05) is 26.0 Å². The molecule has 0 saturated heterocycles. The van der Waals surface area contributed by atoms with Crippen LogP contribution in [0.3, 0.4) is 0 Å². The minimum Gasteiger partial charge on any atom is -0.355 e. The van der Waals surface area contributed by atoms with Gasteiger partial charge < -0.3 is 15.5 Å². The summed E-state index contributed by atoms with van der Waals surface area (Å²) in [6.07, 6.45) is 7.89. The number of nitrogens with zero attached hydrogens (tertiary/aromatic N) is 2. The van der Waals surface area contributed by atoms with Crippen molar-refractivity contribution in [3.63, 3.8) is 0 Å². The largest absolute Gasteiger partial charge is 0.355 e. The van der Waals surface area contributed by atoms with Gasteiger partial charge in [0, 0.05) is 26.2 Å². The van der Waals surface area contributed by atoms with E-state index in [1.807, 2.05) is 7.05 Å². The standard InChI is InChI=1S/C14H28N4/c1-4-11-18(5-2)12-10-16-14(15-3)17-13-8-6-7-9-13/h6-7,13H,4-5,8-12H2,1-3H3,(H2,15,16,17). The summed E-state index contributed by atoms with van der Waals surface area (Å²) in [7, 11) is 1.83. The van der Waals surface area contributed by atoms with Gasteiger partial charge in [0.2, 0.25) is 0 Å². The van der Waals surface area contributed by atoms with Crippen LogP contribution in [0, 0.1) is 0 Å². The fraction of sp³-hybridized carbons (Fsp3) is 0.786. The molecule has 0 saturated carbocycles. The molecule has 0 radical (unpaired) electrons. The normalized spacial score (nSPS) is 16.6. The molecule has 1 rings (SSSR count). The zero-order valence-corrected chi connectivity index (χ0v) is 12.1. The lowest BCUT2D eigenvalue weighted by atomic mass is 10.2. The summed E-state index contributed by atoms with van der Waals surface area (Å²) < 4.78 is 0. The summed E-state index contributed by atoms with van der Waals surface area (Å²) >= 11 is 0. The van der Waals surface area contributed by atoms with Crippen LogP contribution in [0.5, 0.6) is 0 Å². The zero-order chi connectivity index (χ0) is 13.2. The predicted molar refractivity (Wildman–Crippen MR) is 79.1 cm³/mol. The first kappa shape index (κ1) is 15.0. The molecule has 2 N–H and O–H groups in total. The molecule has 0 amide bonds. The minimum atomic E-state index is 0.522. The Hall–Kier alpha value is -1.03. The van der Waals surface area contributed by atoms with Crippen LogP contribution in [-0.2, 0) is 0 Å². The third-order valence-corrected chi connectivity index (χ3v) is 3.28. The van der Waals surface area contributed by atoms with Crippen LogP contribution in [0.4, 0.5) is 0 Å². The lowest BCUT2D eigenvalue weighted by molar-refractivity contribution is 0.292. The second-order valence-corrected chi connectivity index (χ2v) is 4.72. The molecule has 0 heterocycles. The maximum absolute atomic E-state index is 4.27. The van der Waals surface area contributed by atoms with Gasteiger partial charge in [-0.3, -0.25) is 4.99 Å². The Morgan fingerprint density at radius 3 is 2.56 bits per heavy atom. The molecule has 4 nitrogen and oxygen atoms in total. The van der Waals surface area contributed by atoms with Crippen molar-refractivity contribution in [1.29, 1.82) is 0 Å². The van der Waals surface area contributed by atoms with Crippen molar-refractivity contribution in [2.24, 2.45) is 4.99 Å². The van der Waals surface area contributed by atoms with Crippen LogP contribution >= 0.6 is 0 Å². The molecule has 0 bridgehead atoms. The highest BCUT2D eigenvalue weighted by molar-refractivity contribution is 5.80. The highest BCUT2D eigenvalue weighted by atomic mass is 15.2. The number of aliphatic imine (C=N–C) groups is 1. The average molecular weight is 252 g/mol. The average Bonchev–Trinajstić information content (AvgIpc) is 2.89. The van der Waals surface area contributed by atoms with Crippen molar-refractivity contribution in [1.82, 2.24) is 15.5 Å². The van der Waals surface area contributed by atoms with Gasteiger partial charge in [0.1, 0.15) is 0 Å². The van der Waals surface area contributed by atoms with E-state index in [9.17, 15) is 0 Å². The van der Waals surface area contributed by atoms with E-state index in [0.717, 1.165) is 38.4 Å². The molecule has 0 aromatic carbocycles. The number of hydrogen-bond acceptors (Lipinski definition) is 2. The van der Waals surface area contributed by atoms with Gasteiger partial charge in [0.25, 0.3) is 0 Å². The van der Waals surface area contributed by atoms with E-state index >= 15 is 0 Å². The maximum atomic E-state index is 4.27. The number of likely N-dealkylation sites (N-methyl/N-ethyl adjacent to an activating group) is 1. The second-order valence-electron chi connectivity index (χ2n) is 4.72. The molecule has 0 aliphatic heterocycles. The first-order valence-corrected chi connectivity index (χ1v) is 7.14. The van der Waals surface area contributed by atoms with Crippen molar-refractivity contribution in [2.75, 3.05) is 33.2 Å². The van der Waals surface area contributed by atoms with E-state index in [1.165, 1.54) is 13.0 Å². The molecular formula is C14H28N4. The molecule has 0 aromatic rings. The van der Waals surface area contributed by atoms with Crippen LogP contribution in [0.1, 0.15) is 33.1 Å². The first-order valence-electron chi connectivity index (χ1n) is 7.14. The van der Waals surface area contributed by atoms with E-state index in [0.29, 0.717) is 6.04 Å². The molecule has 1 aliphatic carbocycles. The summed E-state index contributed by atoms with van der Waals surface area (Å²) in [4.78, 5) is 6.72. The Labute approximate surface area is 112 Å². The molecule has 104 valence electrons. The van der Waals surface area contributed by atoms with Gasteiger partial charge in [-0.2, -0.15) is 0 Å². The Morgan fingerprint density at radius 2 is 2.00 bits per heavy atom. The van der Waals surface area contributed by atoms with Crippen LogP contribution in [0.25, 0.3) is 0 Å². The van der Waals surface area contributed by atoms with Gasteiger partial charge in [-0.05, 0) is 32.4 Å². The fourth-order valence-electron chi connectivity index (χ4n) is 2.20. The van der Waals surface area contributed by atoms with Crippen molar-refractivity contribution < 1.29 is 0 Å². The lowest BCUT2D eigenvalue weighted by Crippen LogP contribution is -2.45. The van der Waals surface area contributed by atoms with Gasteiger partial charge in [0.05, 0.1) is 0 Å². The van der Waals surface area contributed by atoms with Gasteiger partial charge in [0.15, 0.2) is 5.96 Å². The van der Waals surface area contributed by atoms with Gasteiger partial charge >= 0.3 is 0 Å². The third-order valence-electron chi connectivity index (χ3n) is 3.28. The van der Waals surface area contributed by atoms with Gasteiger partial charge in [-0.25, -0.2) is 0 Å². The molecular weight excluding hydrogens is 224 g/mol. The lowest BCUT2D eigenvalue weighted by Gasteiger charge is -2.21. The Morgan fingerprint density at radius 1 is 1.28 bits per heavy atom. The summed E-state index contributed by atoms with van der Waals surface area (Å²) in [6, 6.07) is 0.522. The molecule has 1 aliphatic rings. The van der Waals surface area contributed by atoms with Gasteiger partial charge in [-0.15, -0.1) is 0 Å². The number of nitrogens with one attached hydrogen (secondary N) is 2. The summed E-state index contributed by atoms with van der Waals surface area (Å²) in [5.41, 5.74) is 0. The van der Waals surface area contributed by atoms with Crippen molar-refractivity contribution >= 4 is 5.96 Å². The van der Waals surface area contributed by atoms with Crippen molar-refractivity contribution in [3.8, 4) is 0 Å². The van der Waals surface area contributed by atoms with Crippen molar-refractivity contribution in [3.05, 3.63) is 12.2 Å². The highest BCUT2D eigenvalue weighted by Crippen LogP contribution is 2.08. The molecule has 0 aromatic heterocycles. The van der Waals surface area contributed by atoms with E-state index in [-0.39, 0.29) is 0 Å². The molecule has 0 spiro atoms. The predicted octanol–water partition coefficient (Wildman–Crippen LogP) is 1.60. The highest BCUT2D eigenvalue weighted by Gasteiger charge is 2.11. The van der Waals surface area contributed by atoms with Crippen LogP contribution < -0.4 is 10.6 Å². The van der Waals surface area contributed by atoms with E-state index in [2.05, 4.69) is 46.5 Å². The Balaban J connectivity index is 2.18. The van der Waals surface area contributed by atoms with Crippen LogP contribution in [0.15, 0.2) is 17.1 Å². The maximum Gasteiger partial charge on any atom is 0.191 e. The third kappa shape index (κ3) is 5.54. The monoisotopic (exact) mass is 252 g/mol. The molecule has 0 fully saturated rings. The summed E-state index contributed by atoms with van der Waals surface area (Å²) in [6.45, 7) is 8.77. The number of guanidine groups is 1. The topological polar surface area (TPSA) is 39.7 Å². The van der Waals surface area contributed by atoms with E-state index in [1.54, 1.807) is 0 Å². The van der Waals surface area contributed by atoms with E-state index in [4.69, 9.17) is 0 Å². The number of rotatable bonds is 7. The molecule has 18 heavy (non-hydrogen) atoms. The Kier molecular flexibility index (Phi) is 7.49. The zero-order valence-electron chi connectivity index (χ0n) is 12.1. The van der Waals surface area contributed by atoms with E-state index < -0.39 is 0 Å². The summed E-state index contributed by atoms with van der Waals surface area (Å²) in [5, 5.41) is 6.84. The fourth-order valence-corrected chi connectivity index (χ4v) is 2.20. The first-order chi connectivity index (χ1) is 8.80. The summed E-state index contributed by atoms with van der Waals surface area (Å²) in [5.74, 6) is 0.927. The molecule has 4 heteroatoms. The molecule has 0 atom stereocenters. The van der Waals surface area contributed by atoms with Crippen LogP contribution in [-0.4, -0.2) is 50.1 Å². The quantitative estimate of drug-likeness (QED) is 0.411. The van der Waals surface area contributed by atoms with Crippen molar-refractivity contribution in [2.45, 2.75) is 39.2 Å². The minimum absolute atomic E-state index is 0.522. The smallest absolute Gasteiger partial charge is 0.191 e. The number of hydrogen-bond donors (Lipinski definition) is 2. The second kappa shape index (κ2) is 8.97. The molecule has 0 unspecified atom stereocenters. The SMILES string of the molecule is CCCN(CC)CCNC(=NC)NC1CC=CC1. The van der Waals surface area contributed by atoms with Crippen LogP contribution in [0.2, 0.25) is 0 Å². The Bertz CT molecular complexity index is 265.